The van der Waals surface area contributed by atoms with Crippen molar-refractivity contribution in [3.05, 3.63) is 12.3 Å². The molecule has 0 amide bonds. The molecule has 0 aromatic carbocycles. The molecular weight excluding hydrogens is 254 g/mol. The highest BCUT2D eigenvalue weighted by atomic mass is 16.5. The van der Waals surface area contributed by atoms with Gasteiger partial charge in [0.2, 0.25) is 5.95 Å². The fraction of sp³-hybridized carbons (Fsp3) is 0.714. The number of anilines is 2. The van der Waals surface area contributed by atoms with Crippen molar-refractivity contribution in [1.29, 1.82) is 0 Å². The maximum Gasteiger partial charge on any atom is 0.224 e. The van der Waals surface area contributed by atoms with E-state index in [1.807, 2.05) is 6.07 Å². The Morgan fingerprint density at radius 3 is 2.95 bits per heavy atom. The minimum Gasteiger partial charge on any atom is -0.379 e. The summed E-state index contributed by atoms with van der Waals surface area (Å²) < 4.78 is 5.36. The van der Waals surface area contributed by atoms with Gasteiger partial charge < -0.3 is 15.4 Å². The predicted octanol–water partition coefficient (Wildman–Crippen LogP) is 1.43. The third-order valence-corrected chi connectivity index (χ3v) is 3.22. The summed E-state index contributed by atoms with van der Waals surface area (Å²) in [7, 11) is 0. The molecule has 1 atom stereocenters. The van der Waals surface area contributed by atoms with Gasteiger partial charge in [-0.1, -0.05) is 6.92 Å². The third kappa shape index (κ3) is 4.94. The average Bonchev–Trinajstić information content (AvgIpc) is 2.46. The normalized spacial score (nSPS) is 17.7. The maximum absolute atomic E-state index is 5.36. The van der Waals surface area contributed by atoms with Crippen LogP contribution in [0.25, 0.3) is 0 Å². The van der Waals surface area contributed by atoms with E-state index in [9.17, 15) is 0 Å². The molecule has 1 saturated heterocycles. The summed E-state index contributed by atoms with van der Waals surface area (Å²) in [4.78, 5) is 11.1. The van der Waals surface area contributed by atoms with Crippen molar-refractivity contribution >= 4 is 11.8 Å². The second-order valence-electron chi connectivity index (χ2n) is 5.15. The summed E-state index contributed by atoms with van der Waals surface area (Å²) in [5.74, 6) is 1.56. The first kappa shape index (κ1) is 15.0. The number of hydrogen-bond donors (Lipinski definition) is 2. The zero-order chi connectivity index (χ0) is 14.2. The van der Waals surface area contributed by atoms with E-state index in [2.05, 4.69) is 39.3 Å². The summed E-state index contributed by atoms with van der Waals surface area (Å²) in [5.41, 5.74) is 0. The summed E-state index contributed by atoms with van der Waals surface area (Å²) in [6.45, 7) is 9.91. The summed E-state index contributed by atoms with van der Waals surface area (Å²) in [6, 6.07) is 2.26. The number of aromatic nitrogens is 2. The Hall–Kier alpha value is -1.40. The van der Waals surface area contributed by atoms with E-state index < -0.39 is 0 Å². The quantitative estimate of drug-likeness (QED) is 0.787. The monoisotopic (exact) mass is 279 g/mol. The number of nitrogens with one attached hydrogen (secondary N) is 2. The molecule has 1 aromatic rings. The highest BCUT2D eigenvalue weighted by Gasteiger charge is 2.13. The van der Waals surface area contributed by atoms with Gasteiger partial charge in [0.15, 0.2) is 0 Å². The summed E-state index contributed by atoms with van der Waals surface area (Å²) >= 11 is 0. The van der Waals surface area contributed by atoms with E-state index >= 15 is 0 Å². The van der Waals surface area contributed by atoms with Crippen LogP contribution in [0.3, 0.4) is 0 Å². The van der Waals surface area contributed by atoms with Crippen LogP contribution in [0.5, 0.6) is 0 Å². The minimum absolute atomic E-state index is 0.349. The molecular formula is C14H25N5O. The van der Waals surface area contributed by atoms with Gasteiger partial charge in [-0.05, 0) is 19.4 Å². The molecule has 1 aliphatic rings. The highest BCUT2D eigenvalue weighted by Crippen LogP contribution is 2.08. The smallest absolute Gasteiger partial charge is 0.224 e. The van der Waals surface area contributed by atoms with Crippen molar-refractivity contribution in [3.8, 4) is 0 Å². The van der Waals surface area contributed by atoms with Gasteiger partial charge in [-0.15, -0.1) is 0 Å². The van der Waals surface area contributed by atoms with Gasteiger partial charge >= 0.3 is 0 Å². The first-order valence-electron chi connectivity index (χ1n) is 7.41. The molecule has 1 aromatic heterocycles. The first-order chi connectivity index (χ1) is 9.78. The van der Waals surface area contributed by atoms with Gasteiger partial charge in [-0.2, -0.15) is 4.98 Å². The molecule has 20 heavy (non-hydrogen) atoms. The van der Waals surface area contributed by atoms with E-state index in [4.69, 9.17) is 4.74 Å². The zero-order valence-electron chi connectivity index (χ0n) is 12.4. The number of rotatable bonds is 7. The van der Waals surface area contributed by atoms with E-state index in [0.717, 1.165) is 51.6 Å². The van der Waals surface area contributed by atoms with Crippen LogP contribution < -0.4 is 10.6 Å². The van der Waals surface area contributed by atoms with Crippen LogP contribution in [-0.4, -0.2) is 60.3 Å². The average molecular weight is 279 g/mol. The molecule has 6 heteroatoms. The molecule has 0 aliphatic carbocycles. The topological polar surface area (TPSA) is 62.3 Å². The molecule has 112 valence electrons. The molecule has 1 unspecified atom stereocenters. The molecule has 0 bridgehead atoms. The molecule has 1 fully saturated rings. The lowest BCUT2D eigenvalue weighted by Crippen LogP contribution is -2.42. The zero-order valence-corrected chi connectivity index (χ0v) is 12.4. The molecule has 2 N–H and O–H groups in total. The van der Waals surface area contributed by atoms with Gasteiger partial charge in [0, 0.05) is 38.4 Å². The van der Waals surface area contributed by atoms with Crippen LogP contribution in [0.4, 0.5) is 11.8 Å². The Kier molecular flexibility index (Phi) is 6.01. The Bertz CT molecular complexity index is 395. The minimum atomic E-state index is 0.349. The second kappa shape index (κ2) is 8.01. The second-order valence-corrected chi connectivity index (χ2v) is 5.15. The van der Waals surface area contributed by atoms with Crippen molar-refractivity contribution < 1.29 is 4.74 Å². The standard InChI is InChI=1S/C14H25N5O/c1-3-5-15-14-16-6-4-13(18-14)17-12(2)11-19-7-9-20-10-8-19/h4,6,12H,3,5,7-11H2,1-2H3,(H2,15,16,17,18). The van der Waals surface area contributed by atoms with Gasteiger partial charge in [0.1, 0.15) is 5.82 Å². The van der Waals surface area contributed by atoms with Crippen LogP contribution >= 0.6 is 0 Å². The SMILES string of the molecule is CCCNc1nccc(NC(C)CN2CCOCC2)n1. The maximum atomic E-state index is 5.36. The molecule has 0 saturated carbocycles. The number of hydrogen-bond acceptors (Lipinski definition) is 6. The van der Waals surface area contributed by atoms with Crippen LogP contribution in [0.15, 0.2) is 12.3 Å². The van der Waals surface area contributed by atoms with Gasteiger partial charge in [-0.25, -0.2) is 4.98 Å². The predicted molar refractivity (Wildman–Crippen MR) is 81.2 cm³/mol. The highest BCUT2D eigenvalue weighted by molar-refractivity contribution is 5.40. The number of ether oxygens (including phenoxy) is 1. The Morgan fingerprint density at radius 2 is 2.20 bits per heavy atom. The van der Waals surface area contributed by atoms with E-state index in [0.29, 0.717) is 12.0 Å². The lowest BCUT2D eigenvalue weighted by molar-refractivity contribution is 0.0368. The Balaban J connectivity index is 1.81. The van der Waals surface area contributed by atoms with Gasteiger partial charge in [0.25, 0.3) is 0 Å². The number of nitrogens with zero attached hydrogens (tertiary/aromatic N) is 3. The van der Waals surface area contributed by atoms with Crippen molar-refractivity contribution in [2.24, 2.45) is 0 Å². The van der Waals surface area contributed by atoms with Gasteiger partial charge in [-0.3, -0.25) is 4.90 Å². The molecule has 2 rings (SSSR count). The Morgan fingerprint density at radius 1 is 1.40 bits per heavy atom. The van der Waals surface area contributed by atoms with Gasteiger partial charge in [0.05, 0.1) is 13.2 Å². The molecule has 6 nitrogen and oxygen atoms in total. The lowest BCUT2D eigenvalue weighted by Gasteiger charge is -2.29. The van der Waals surface area contributed by atoms with Crippen molar-refractivity contribution in [2.45, 2.75) is 26.3 Å². The van der Waals surface area contributed by atoms with E-state index in [-0.39, 0.29) is 0 Å². The molecule has 0 radical (unpaired) electrons. The lowest BCUT2D eigenvalue weighted by atomic mass is 10.3. The Labute approximate surface area is 120 Å². The third-order valence-electron chi connectivity index (χ3n) is 3.22. The van der Waals surface area contributed by atoms with E-state index in [1.165, 1.54) is 0 Å². The van der Waals surface area contributed by atoms with Crippen LogP contribution in [-0.2, 0) is 4.74 Å². The molecule has 2 heterocycles. The number of morpholine rings is 1. The molecule has 0 spiro atoms. The van der Waals surface area contributed by atoms with Crippen molar-refractivity contribution in [2.75, 3.05) is 50.0 Å². The first-order valence-corrected chi connectivity index (χ1v) is 7.41. The fourth-order valence-corrected chi connectivity index (χ4v) is 2.23. The summed E-state index contributed by atoms with van der Waals surface area (Å²) in [6.07, 6.45) is 2.85. The van der Waals surface area contributed by atoms with Crippen LogP contribution in [0.2, 0.25) is 0 Å². The van der Waals surface area contributed by atoms with Crippen LogP contribution in [0.1, 0.15) is 20.3 Å². The van der Waals surface area contributed by atoms with Crippen molar-refractivity contribution in [1.82, 2.24) is 14.9 Å². The molecule has 1 aliphatic heterocycles. The van der Waals surface area contributed by atoms with Crippen molar-refractivity contribution in [3.63, 3.8) is 0 Å². The summed E-state index contributed by atoms with van der Waals surface area (Å²) in [5, 5.41) is 6.63. The fourth-order valence-electron chi connectivity index (χ4n) is 2.23. The largest absolute Gasteiger partial charge is 0.379 e. The van der Waals surface area contributed by atoms with E-state index in [1.54, 1.807) is 6.20 Å². The van der Waals surface area contributed by atoms with Crippen LogP contribution in [0, 0.1) is 0 Å².